The van der Waals surface area contributed by atoms with E-state index in [4.69, 9.17) is 9.47 Å². The molecule has 7 nitrogen and oxygen atoms in total. The van der Waals surface area contributed by atoms with Gasteiger partial charge in [-0.15, -0.1) is 0 Å². The number of aryl methyl sites for hydroxylation is 1. The van der Waals surface area contributed by atoms with Crippen LogP contribution in [0.2, 0.25) is 0 Å². The zero-order chi connectivity index (χ0) is 21.0. The third-order valence-electron chi connectivity index (χ3n) is 5.52. The summed E-state index contributed by atoms with van der Waals surface area (Å²) in [6, 6.07) is 5.89. The van der Waals surface area contributed by atoms with Gasteiger partial charge in [-0.3, -0.25) is 4.79 Å². The third kappa shape index (κ3) is 5.78. The zero-order valence-electron chi connectivity index (χ0n) is 17.5. The summed E-state index contributed by atoms with van der Waals surface area (Å²) in [6.07, 6.45) is 1.89. The number of nitrogens with zero attached hydrogens (tertiary/aromatic N) is 1. The van der Waals surface area contributed by atoms with Crippen LogP contribution in [0.5, 0.6) is 0 Å². The molecule has 2 aliphatic rings. The van der Waals surface area contributed by atoms with Crippen LogP contribution in [0.4, 0.5) is 0 Å². The Hall–Kier alpha value is -1.48. The van der Waals surface area contributed by atoms with Crippen LogP contribution in [0.25, 0.3) is 0 Å². The Bertz CT molecular complexity index is 780. The normalized spacial score (nSPS) is 20.3. The zero-order valence-corrected chi connectivity index (χ0v) is 18.3. The highest BCUT2D eigenvalue weighted by atomic mass is 32.2. The number of rotatable bonds is 7. The number of sulfonamides is 1. The van der Waals surface area contributed by atoms with Crippen LogP contribution in [0, 0.1) is 18.8 Å². The van der Waals surface area contributed by atoms with Gasteiger partial charge >= 0.3 is 0 Å². The molecule has 1 aromatic rings. The van der Waals surface area contributed by atoms with Gasteiger partial charge in [0.2, 0.25) is 15.9 Å². The highest BCUT2D eigenvalue weighted by Crippen LogP contribution is 2.26. The number of hydrogen-bond donors (Lipinski definition) is 1. The average molecular weight is 425 g/mol. The maximum atomic E-state index is 13.2. The van der Waals surface area contributed by atoms with Crippen LogP contribution in [0.3, 0.4) is 0 Å². The minimum absolute atomic E-state index is 0.152. The second-order valence-corrected chi connectivity index (χ2v) is 10.1. The van der Waals surface area contributed by atoms with E-state index in [1.165, 1.54) is 0 Å². The highest BCUT2D eigenvalue weighted by Gasteiger charge is 2.35. The molecule has 0 saturated carbocycles. The van der Waals surface area contributed by atoms with Crippen molar-refractivity contribution in [3.8, 4) is 0 Å². The van der Waals surface area contributed by atoms with Gasteiger partial charge in [0.15, 0.2) is 6.29 Å². The first-order chi connectivity index (χ1) is 13.8. The second-order valence-electron chi connectivity index (χ2n) is 8.39. The maximum absolute atomic E-state index is 13.2. The van der Waals surface area contributed by atoms with Crippen molar-refractivity contribution < 1.29 is 22.7 Å². The van der Waals surface area contributed by atoms with E-state index in [9.17, 15) is 13.2 Å². The lowest BCUT2D eigenvalue weighted by Gasteiger charge is -2.36. The van der Waals surface area contributed by atoms with Crippen LogP contribution in [0.1, 0.15) is 38.7 Å². The minimum Gasteiger partial charge on any atom is -0.350 e. The van der Waals surface area contributed by atoms with E-state index in [1.54, 1.807) is 29.2 Å². The quantitative estimate of drug-likeness (QED) is 0.726. The number of benzene rings is 1. The van der Waals surface area contributed by atoms with E-state index < -0.39 is 16.1 Å². The van der Waals surface area contributed by atoms with Crippen LogP contribution in [-0.4, -0.2) is 57.9 Å². The summed E-state index contributed by atoms with van der Waals surface area (Å²) in [5, 5.41) is 0. The van der Waals surface area contributed by atoms with Crippen molar-refractivity contribution in [2.45, 2.75) is 57.3 Å². The first-order valence-corrected chi connectivity index (χ1v) is 11.9. The Morgan fingerprint density at radius 3 is 2.28 bits per heavy atom. The summed E-state index contributed by atoms with van der Waals surface area (Å²) in [4.78, 5) is 15.1. The highest BCUT2D eigenvalue weighted by molar-refractivity contribution is 7.89. The average Bonchev–Trinajstić information content (AvgIpc) is 3.21. The Balaban J connectivity index is 1.66. The fourth-order valence-corrected chi connectivity index (χ4v) is 5.11. The molecule has 8 heteroatoms. The number of likely N-dealkylation sites (tertiary alicyclic amines) is 1. The molecule has 2 fully saturated rings. The molecule has 162 valence electrons. The molecule has 1 N–H and O–H groups in total. The van der Waals surface area contributed by atoms with Crippen molar-refractivity contribution in [1.82, 2.24) is 9.62 Å². The molecule has 2 heterocycles. The molecule has 0 bridgehead atoms. The van der Waals surface area contributed by atoms with Crippen molar-refractivity contribution in [3.63, 3.8) is 0 Å². The van der Waals surface area contributed by atoms with Gasteiger partial charge in [-0.2, -0.15) is 4.72 Å². The molecular weight excluding hydrogens is 392 g/mol. The standard InChI is InChI=1S/C21H32N2O5S/c1-15(2)14-19(22-29(25,26)18-6-4-16(3)5-7-18)20(24)23-10-8-17(9-11-23)21-27-12-13-28-21/h4-7,15,17,19,21-22H,8-14H2,1-3H3. The van der Waals surface area contributed by atoms with E-state index >= 15 is 0 Å². The van der Waals surface area contributed by atoms with Crippen molar-refractivity contribution in [2.24, 2.45) is 11.8 Å². The third-order valence-corrected chi connectivity index (χ3v) is 7.01. The first kappa shape index (κ1) is 22.2. The molecule has 0 aliphatic carbocycles. The van der Waals surface area contributed by atoms with Gasteiger partial charge < -0.3 is 14.4 Å². The summed E-state index contributed by atoms with van der Waals surface area (Å²) < 4.78 is 39.5. The molecule has 0 radical (unpaired) electrons. The smallest absolute Gasteiger partial charge is 0.241 e. The van der Waals surface area contributed by atoms with Crippen molar-refractivity contribution in [3.05, 3.63) is 29.8 Å². The largest absolute Gasteiger partial charge is 0.350 e. The van der Waals surface area contributed by atoms with Gasteiger partial charge in [-0.05, 0) is 44.2 Å². The fourth-order valence-electron chi connectivity index (χ4n) is 3.90. The maximum Gasteiger partial charge on any atom is 0.241 e. The molecule has 1 amide bonds. The predicted octanol–water partition coefficient (Wildman–Crippen LogP) is 2.30. The molecule has 3 rings (SSSR count). The number of nitrogens with one attached hydrogen (secondary N) is 1. The lowest BCUT2D eigenvalue weighted by Crippen LogP contribution is -2.51. The van der Waals surface area contributed by atoms with Crippen molar-refractivity contribution in [1.29, 1.82) is 0 Å². The molecule has 1 aromatic carbocycles. The second kappa shape index (κ2) is 9.55. The lowest BCUT2D eigenvalue weighted by molar-refractivity contribution is -0.138. The SMILES string of the molecule is Cc1ccc(S(=O)(=O)NC(CC(C)C)C(=O)N2CCC(C3OCCO3)CC2)cc1. The Labute approximate surface area is 173 Å². The summed E-state index contributed by atoms with van der Waals surface area (Å²) in [7, 11) is -3.77. The first-order valence-electron chi connectivity index (χ1n) is 10.4. The summed E-state index contributed by atoms with van der Waals surface area (Å²) in [5.41, 5.74) is 0.983. The van der Waals surface area contributed by atoms with Gasteiger partial charge in [0.1, 0.15) is 6.04 Å². The fraction of sp³-hybridized carbons (Fsp3) is 0.667. The number of piperidine rings is 1. The Morgan fingerprint density at radius 2 is 1.72 bits per heavy atom. The Morgan fingerprint density at radius 1 is 1.14 bits per heavy atom. The minimum atomic E-state index is -3.77. The van der Waals surface area contributed by atoms with E-state index in [2.05, 4.69) is 4.72 Å². The Kier molecular flexibility index (Phi) is 7.32. The molecular formula is C21H32N2O5S. The molecule has 2 saturated heterocycles. The number of hydrogen-bond acceptors (Lipinski definition) is 5. The summed E-state index contributed by atoms with van der Waals surface area (Å²) in [5.74, 6) is 0.318. The van der Waals surface area contributed by atoms with Gasteiger partial charge in [0.05, 0.1) is 18.1 Å². The molecule has 0 spiro atoms. The van der Waals surface area contributed by atoms with Crippen molar-refractivity contribution >= 4 is 15.9 Å². The molecule has 0 aromatic heterocycles. The van der Waals surface area contributed by atoms with Crippen LogP contribution in [0.15, 0.2) is 29.2 Å². The number of amides is 1. The molecule has 1 unspecified atom stereocenters. The molecule has 29 heavy (non-hydrogen) atoms. The van der Waals surface area contributed by atoms with Gasteiger partial charge in [-0.1, -0.05) is 31.5 Å². The monoisotopic (exact) mass is 424 g/mol. The number of ether oxygens (including phenoxy) is 2. The predicted molar refractivity (Wildman–Crippen MR) is 110 cm³/mol. The van der Waals surface area contributed by atoms with Gasteiger partial charge in [-0.25, -0.2) is 8.42 Å². The molecule has 2 aliphatic heterocycles. The van der Waals surface area contributed by atoms with Crippen LogP contribution >= 0.6 is 0 Å². The van der Waals surface area contributed by atoms with E-state index in [-0.39, 0.29) is 28.9 Å². The van der Waals surface area contributed by atoms with Gasteiger partial charge in [0.25, 0.3) is 0 Å². The summed E-state index contributed by atoms with van der Waals surface area (Å²) in [6.45, 7) is 8.31. The van der Waals surface area contributed by atoms with Crippen molar-refractivity contribution in [2.75, 3.05) is 26.3 Å². The topological polar surface area (TPSA) is 84.9 Å². The van der Waals surface area contributed by atoms with Crippen LogP contribution in [-0.2, 0) is 24.3 Å². The van der Waals surface area contributed by atoms with E-state index in [0.29, 0.717) is 32.7 Å². The molecule has 1 atom stereocenters. The van der Waals surface area contributed by atoms with Crippen LogP contribution < -0.4 is 4.72 Å². The number of carbonyl (C=O) groups excluding carboxylic acids is 1. The van der Waals surface area contributed by atoms with Gasteiger partial charge in [0, 0.05) is 19.0 Å². The summed E-state index contributed by atoms with van der Waals surface area (Å²) >= 11 is 0. The number of carbonyl (C=O) groups is 1. The van der Waals surface area contributed by atoms with E-state index in [1.807, 2.05) is 20.8 Å². The lowest BCUT2D eigenvalue weighted by atomic mass is 9.95. The van der Waals surface area contributed by atoms with E-state index in [0.717, 1.165) is 18.4 Å².